The van der Waals surface area contributed by atoms with Gasteiger partial charge in [0.25, 0.3) is 0 Å². The first kappa shape index (κ1) is 17.3. The SMILES string of the molecule is Cc1cc(NCc2c(C)nn(C)c2N2CCOCC2)cc(C(=O)O)c1. The molecule has 1 aromatic carbocycles. The Labute approximate surface area is 147 Å². The minimum Gasteiger partial charge on any atom is -0.478 e. The van der Waals surface area contributed by atoms with Gasteiger partial charge in [-0.15, -0.1) is 0 Å². The summed E-state index contributed by atoms with van der Waals surface area (Å²) in [4.78, 5) is 13.5. The van der Waals surface area contributed by atoms with Crippen LogP contribution in [0.2, 0.25) is 0 Å². The molecule has 25 heavy (non-hydrogen) atoms. The number of aromatic carboxylic acids is 1. The van der Waals surface area contributed by atoms with E-state index in [9.17, 15) is 9.90 Å². The minimum absolute atomic E-state index is 0.291. The average Bonchev–Trinajstić information content (AvgIpc) is 2.86. The van der Waals surface area contributed by atoms with Gasteiger partial charge in [-0.05, 0) is 37.6 Å². The van der Waals surface area contributed by atoms with Crippen molar-refractivity contribution in [3.8, 4) is 0 Å². The van der Waals surface area contributed by atoms with Crippen molar-refractivity contribution in [1.29, 1.82) is 0 Å². The Bertz CT molecular complexity index is 779. The molecular weight excluding hydrogens is 320 g/mol. The third-order valence-electron chi connectivity index (χ3n) is 4.42. The van der Waals surface area contributed by atoms with Gasteiger partial charge in [0.2, 0.25) is 0 Å². The van der Waals surface area contributed by atoms with Gasteiger partial charge in [-0.2, -0.15) is 5.10 Å². The fourth-order valence-corrected chi connectivity index (χ4v) is 3.27. The Morgan fingerprint density at radius 1 is 1.28 bits per heavy atom. The predicted octanol–water partition coefficient (Wildman–Crippen LogP) is 2.18. The van der Waals surface area contributed by atoms with Gasteiger partial charge in [0.15, 0.2) is 0 Å². The van der Waals surface area contributed by atoms with E-state index in [1.54, 1.807) is 12.1 Å². The van der Waals surface area contributed by atoms with Crippen molar-refractivity contribution in [2.24, 2.45) is 7.05 Å². The van der Waals surface area contributed by atoms with Gasteiger partial charge in [-0.25, -0.2) is 4.79 Å². The molecule has 134 valence electrons. The number of aryl methyl sites for hydroxylation is 3. The zero-order chi connectivity index (χ0) is 18.0. The van der Waals surface area contributed by atoms with Crippen LogP contribution in [0.1, 0.15) is 27.2 Å². The van der Waals surface area contributed by atoms with Crippen LogP contribution in [0.4, 0.5) is 11.5 Å². The normalized spacial score (nSPS) is 14.6. The molecule has 0 amide bonds. The van der Waals surface area contributed by atoms with E-state index < -0.39 is 5.97 Å². The lowest BCUT2D eigenvalue weighted by molar-refractivity contribution is 0.0697. The summed E-state index contributed by atoms with van der Waals surface area (Å²) in [7, 11) is 1.95. The maximum atomic E-state index is 11.2. The Morgan fingerprint density at radius 3 is 2.68 bits per heavy atom. The fraction of sp³-hybridized carbons (Fsp3) is 0.444. The number of aromatic nitrogens is 2. The monoisotopic (exact) mass is 344 g/mol. The molecule has 1 aliphatic heterocycles. The zero-order valence-corrected chi connectivity index (χ0v) is 14.9. The molecular formula is C18H24N4O3. The summed E-state index contributed by atoms with van der Waals surface area (Å²) in [5.74, 6) is 0.178. The summed E-state index contributed by atoms with van der Waals surface area (Å²) in [6, 6.07) is 5.28. The molecule has 3 rings (SSSR count). The van der Waals surface area contributed by atoms with Gasteiger partial charge < -0.3 is 20.1 Å². The molecule has 0 radical (unpaired) electrons. The van der Waals surface area contributed by atoms with Crippen LogP contribution in [0.25, 0.3) is 0 Å². The molecule has 0 atom stereocenters. The molecule has 0 unspecified atom stereocenters. The first-order valence-corrected chi connectivity index (χ1v) is 8.39. The van der Waals surface area contributed by atoms with E-state index in [-0.39, 0.29) is 0 Å². The molecule has 0 spiro atoms. The third-order valence-corrected chi connectivity index (χ3v) is 4.42. The molecule has 1 saturated heterocycles. The van der Waals surface area contributed by atoms with E-state index in [0.29, 0.717) is 12.1 Å². The maximum Gasteiger partial charge on any atom is 0.335 e. The van der Waals surface area contributed by atoms with E-state index in [0.717, 1.165) is 54.6 Å². The first-order valence-electron chi connectivity index (χ1n) is 8.39. The van der Waals surface area contributed by atoms with Crippen molar-refractivity contribution in [2.75, 3.05) is 36.5 Å². The highest BCUT2D eigenvalue weighted by molar-refractivity contribution is 5.89. The second-order valence-electron chi connectivity index (χ2n) is 6.36. The minimum atomic E-state index is -0.918. The summed E-state index contributed by atoms with van der Waals surface area (Å²) < 4.78 is 7.36. The Kier molecular flexibility index (Phi) is 4.94. The van der Waals surface area contributed by atoms with Crippen LogP contribution in [0.5, 0.6) is 0 Å². The predicted molar refractivity (Wildman–Crippen MR) is 96.4 cm³/mol. The second kappa shape index (κ2) is 7.14. The van der Waals surface area contributed by atoms with Crippen LogP contribution in [-0.2, 0) is 18.3 Å². The van der Waals surface area contributed by atoms with E-state index in [4.69, 9.17) is 4.74 Å². The number of carboxylic acids is 1. The molecule has 2 N–H and O–H groups in total. The number of ether oxygens (including phenoxy) is 1. The number of carbonyl (C=O) groups is 1. The summed E-state index contributed by atoms with van der Waals surface area (Å²) >= 11 is 0. The second-order valence-corrected chi connectivity index (χ2v) is 6.36. The van der Waals surface area contributed by atoms with Crippen LogP contribution in [0, 0.1) is 13.8 Å². The number of nitrogens with one attached hydrogen (secondary N) is 1. The molecule has 2 aromatic rings. The number of rotatable bonds is 5. The van der Waals surface area contributed by atoms with E-state index >= 15 is 0 Å². The highest BCUT2D eigenvalue weighted by atomic mass is 16.5. The number of nitrogens with zero attached hydrogens (tertiary/aromatic N) is 3. The van der Waals surface area contributed by atoms with E-state index in [2.05, 4.69) is 15.3 Å². The number of carboxylic acid groups (broad SMARTS) is 1. The maximum absolute atomic E-state index is 11.2. The van der Waals surface area contributed by atoms with Crippen LogP contribution < -0.4 is 10.2 Å². The lowest BCUT2D eigenvalue weighted by Crippen LogP contribution is -2.38. The van der Waals surface area contributed by atoms with Crippen molar-refractivity contribution in [2.45, 2.75) is 20.4 Å². The van der Waals surface area contributed by atoms with Crippen LogP contribution in [-0.4, -0.2) is 47.2 Å². The Hall–Kier alpha value is -2.54. The number of anilines is 2. The fourth-order valence-electron chi connectivity index (χ4n) is 3.27. The van der Waals surface area contributed by atoms with Gasteiger partial charge in [0, 0.05) is 37.9 Å². The summed E-state index contributed by atoms with van der Waals surface area (Å²) in [6.45, 7) is 7.62. The van der Waals surface area contributed by atoms with Crippen LogP contribution >= 0.6 is 0 Å². The number of benzene rings is 1. The Balaban J connectivity index is 1.83. The van der Waals surface area contributed by atoms with Gasteiger partial charge >= 0.3 is 5.97 Å². The molecule has 2 heterocycles. The number of morpholine rings is 1. The summed E-state index contributed by atoms with van der Waals surface area (Å²) in [6.07, 6.45) is 0. The van der Waals surface area contributed by atoms with Crippen molar-refractivity contribution in [1.82, 2.24) is 9.78 Å². The topological polar surface area (TPSA) is 79.6 Å². The van der Waals surface area contributed by atoms with Gasteiger partial charge in [0.05, 0.1) is 24.5 Å². The van der Waals surface area contributed by atoms with Crippen molar-refractivity contribution in [3.05, 3.63) is 40.6 Å². The van der Waals surface area contributed by atoms with Crippen molar-refractivity contribution >= 4 is 17.5 Å². The van der Waals surface area contributed by atoms with Gasteiger partial charge in [-0.1, -0.05) is 0 Å². The summed E-state index contributed by atoms with van der Waals surface area (Å²) in [5, 5.41) is 17.1. The smallest absolute Gasteiger partial charge is 0.335 e. The molecule has 0 saturated carbocycles. The quantitative estimate of drug-likeness (QED) is 0.865. The largest absolute Gasteiger partial charge is 0.478 e. The van der Waals surface area contributed by atoms with E-state index in [1.807, 2.05) is 31.6 Å². The molecule has 7 heteroatoms. The molecule has 0 bridgehead atoms. The Morgan fingerprint density at radius 2 is 2.00 bits per heavy atom. The van der Waals surface area contributed by atoms with Crippen LogP contribution in [0.3, 0.4) is 0 Å². The average molecular weight is 344 g/mol. The van der Waals surface area contributed by atoms with Gasteiger partial charge in [-0.3, -0.25) is 4.68 Å². The third kappa shape index (κ3) is 3.76. The lowest BCUT2D eigenvalue weighted by atomic mass is 10.1. The van der Waals surface area contributed by atoms with Crippen LogP contribution in [0.15, 0.2) is 18.2 Å². The zero-order valence-electron chi connectivity index (χ0n) is 14.9. The van der Waals surface area contributed by atoms with Crippen molar-refractivity contribution < 1.29 is 14.6 Å². The molecule has 0 aliphatic carbocycles. The number of hydrogen-bond donors (Lipinski definition) is 2. The molecule has 1 aromatic heterocycles. The highest BCUT2D eigenvalue weighted by Crippen LogP contribution is 2.25. The van der Waals surface area contributed by atoms with Gasteiger partial charge in [0.1, 0.15) is 5.82 Å². The highest BCUT2D eigenvalue weighted by Gasteiger charge is 2.21. The standard InChI is InChI=1S/C18H24N4O3/c1-12-8-14(18(23)24)10-15(9-12)19-11-16-13(2)20-21(3)17(16)22-4-6-25-7-5-22/h8-10,19H,4-7,11H2,1-3H3,(H,23,24). The molecule has 1 fully saturated rings. The summed E-state index contributed by atoms with van der Waals surface area (Å²) in [5.41, 5.74) is 4.11. The first-order chi connectivity index (χ1) is 12.0. The lowest BCUT2D eigenvalue weighted by Gasteiger charge is -2.29. The van der Waals surface area contributed by atoms with Crippen molar-refractivity contribution in [3.63, 3.8) is 0 Å². The molecule has 7 nitrogen and oxygen atoms in total. The number of hydrogen-bond acceptors (Lipinski definition) is 5. The molecule has 1 aliphatic rings. The van der Waals surface area contributed by atoms with E-state index in [1.165, 1.54) is 0 Å².